The molecule has 2 aliphatic heterocycles. The summed E-state index contributed by atoms with van der Waals surface area (Å²) < 4.78 is 5.77. The minimum absolute atomic E-state index is 0.0369. The fourth-order valence-corrected chi connectivity index (χ4v) is 2.93. The van der Waals surface area contributed by atoms with Crippen LogP contribution < -0.4 is 20.9 Å². The van der Waals surface area contributed by atoms with Gasteiger partial charge in [-0.05, 0) is 6.07 Å². The van der Waals surface area contributed by atoms with Crippen LogP contribution in [-0.2, 0) is 4.79 Å². The first-order chi connectivity index (χ1) is 10.3. The van der Waals surface area contributed by atoms with Gasteiger partial charge in [0.15, 0.2) is 0 Å². The number of ether oxygens (including phenoxy) is 1. The van der Waals surface area contributed by atoms with Gasteiger partial charge in [0.2, 0.25) is 11.9 Å². The molecule has 3 atom stereocenters. The summed E-state index contributed by atoms with van der Waals surface area (Å²) in [5, 5.41) is 2.76. The SMILES string of the molecule is O=C(Nc1ncc[nH]1)C1NNC2c3ccccc3OCC12. The standard InChI is InChI=1S/C14H15N5O2/c20-13(17-14-15-5-6-16-14)12-9-7-21-10-4-2-1-3-8(10)11(9)18-19-12/h1-6,9,11-12,18-19H,7H2,(H2,15,16,17,20). The maximum Gasteiger partial charge on any atom is 0.245 e. The first-order valence-corrected chi connectivity index (χ1v) is 6.86. The highest BCUT2D eigenvalue weighted by Gasteiger charge is 2.44. The summed E-state index contributed by atoms with van der Waals surface area (Å²) in [7, 11) is 0. The van der Waals surface area contributed by atoms with Gasteiger partial charge in [-0.25, -0.2) is 15.8 Å². The average molecular weight is 285 g/mol. The van der Waals surface area contributed by atoms with Crippen LogP contribution in [0.4, 0.5) is 5.95 Å². The number of aromatic amines is 1. The molecule has 0 bridgehead atoms. The lowest BCUT2D eigenvalue weighted by atomic mass is 9.87. The van der Waals surface area contributed by atoms with Crippen LogP contribution >= 0.6 is 0 Å². The molecule has 2 aliphatic rings. The van der Waals surface area contributed by atoms with Crippen molar-refractivity contribution in [2.75, 3.05) is 11.9 Å². The Morgan fingerprint density at radius 2 is 2.24 bits per heavy atom. The van der Waals surface area contributed by atoms with Gasteiger partial charge in [-0.2, -0.15) is 0 Å². The number of hydrogen-bond donors (Lipinski definition) is 4. The van der Waals surface area contributed by atoms with Crippen LogP contribution in [-0.4, -0.2) is 28.5 Å². The lowest BCUT2D eigenvalue weighted by molar-refractivity contribution is -0.119. The van der Waals surface area contributed by atoms with Crippen LogP contribution in [0, 0.1) is 5.92 Å². The first kappa shape index (κ1) is 12.4. The van der Waals surface area contributed by atoms with E-state index in [9.17, 15) is 4.79 Å². The minimum atomic E-state index is -0.367. The third-order valence-electron chi connectivity index (χ3n) is 3.96. The van der Waals surface area contributed by atoms with Gasteiger partial charge in [-0.1, -0.05) is 18.2 Å². The zero-order chi connectivity index (χ0) is 14.2. The van der Waals surface area contributed by atoms with Crippen molar-refractivity contribution in [2.24, 2.45) is 5.92 Å². The number of hydrazine groups is 1. The molecule has 1 aromatic heterocycles. The number of carbonyl (C=O) groups is 1. The van der Waals surface area contributed by atoms with Crippen molar-refractivity contribution < 1.29 is 9.53 Å². The number of hydrogen-bond acceptors (Lipinski definition) is 5. The van der Waals surface area contributed by atoms with E-state index in [-0.39, 0.29) is 23.9 Å². The summed E-state index contributed by atoms with van der Waals surface area (Å²) in [4.78, 5) is 19.2. The van der Waals surface area contributed by atoms with Gasteiger partial charge in [-0.15, -0.1) is 0 Å². The molecule has 7 nitrogen and oxygen atoms in total. The lowest BCUT2D eigenvalue weighted by Crippen LogP contribution is -2.43. The molecule has 3 unspecified atom stereocenters. The highest BCUT2D eigenvalue weighted by molar-refractivity contribution is 5.94. The van der Waals surface area contributed by atoms with Crippen LogP contribution in [0.5, 0.6) is 5.75 Å². The molecule has 1 aromatic carbocycles. The summed E-state index contributed by atoms with van der Waals surface area (Å²) in [6.45, 7) is 0.498. The number of benzene rings is 1. The quantitative estimate of drug-likeness (QED) is 0.648. The van der Waals surface area contributed by atoms with E-state index in [4.69, 9.17) is 4.74 Å². The number of aromatic nitrogens is 2. The second-order valence-electron chi connectivity index (χ2n) is 5.18. The number of anilines is 1. The molecular weight excluding hydrogens is 270 g/mol. The van der Waals surface area contributed by atoms with Crippen LogP contribution in [0.15, 0.2) is 36.7 Å². The molecule has 0 aliphatic carbocycles. The van der Waals surface area contributed by atoms with Crippen molar-refractivity contribution in [3.8, 4) is 5.75 Å². The van der Waals surface area contributed by atoms with Gasteiger partial charge in [0, 0.05) is 23.9 Å². The number of H-pyrrole nitrogens is 1. The molecule has 0 spiro atoms. The van der Waals surface area contributed by atoms with Gasteiger partial charge < -0.3 is 9.72 Å². The Hall–Kier alpha value is -2.38. The summed E-state index contributed by atoms with van der Waals surface area (Å²) in [6.07, 6.45) is 3.26. The van der Waals surface area contributed by atoms with Gasteiger partial charge >= 0.3 is 0 Å². The number of amides is 1. The molecule has 3 heterocycles. The Morgan fingerprint density at radius 3 is 3.10 bits per heavy atom. The number of para-hydroxylation sites is 1. The number of imidazole rings is 1. The van der Waals surface area contributed by atoms with E-state index in [1.165, 1.54) is 0 Å². The average Bonchev–Trinajstić information content (AvgIpc) is 3.15. The fourth-order valence-electron chi connectivity index (χ4n) is 2.93. The number of carbonyl (C=O) groups excluding carboxylic acids is 1. The summed E-state index contributed by atoms with van der Waals surface area (Å²) in [5.41, 5.74) is 7.35. The molecular formula is C14H15N5O2. The van der Waals surface area contributed by atoms with E-state index in [2.05, 4.69) is 26.1 Å². The molecule has 1 amide bonds. The van der Waals surface area contributed by atoms with E-state index in [0.29, 0.717) is 12.6 Å². The Bertz CT molecular complexity index is 657. The summed E-state index contributed by atoms with van der Waals surface area (Å²) >= 11 is 0. The van der Waals surface area contributed by atoms with Gasteiger partial charge in [0.1, 0.15) is 11.8 Å². The molecule has 4 N–H and O–H groups in total. The minimum Gasteiger partial charge on any atom is -0.493 e. The maximum absolute atomic E-state index is 12.4. The van der Waals surface area contributed by atoms with Crippen LogP contribution in [0.2, 0.25) is 0 Å². The molecule has 1 saturated heterocycles. The smallest absolute Gasteiger partial charge is 0.245 e. The van der Waals surface area contributed by atoms with Crippen molar-refractivity contribution in [3.63, 3.8) is 0 Å². The molecule has 0 radical (unpaired) electrons. The predicted octanol–water partition coefficient (Wildman–Crippen LogP) is 0.574. The van der Waals surface area contributed by atoms with Crippen molar-refractivity contribution in [2.45, 2.75) is 12.1 Å². The van der Waals surface area contributed by atoms with Crippen molar-refractivity contribution >= 4 is 11.9 Å². The zero-order valence-electron chi connectivity index (χ0n) is 11.2. The number of fused-ring (bicyclic) bond motifs is 3. The van der Waals surface area contributed by atoms with E-state index in [1.54, 1.807) is 12.4 Å². The van der Waals surface area contributed by atoms with Gasteiger partial charge in [0.05, 0.1) is 12.6 Å². The van der Waals surface area contributed by atoms with E-state index < -0.39 is 0 Å². The van der Waals surface area contributed by atoms with Crippen LogP contribution in [0.1, 0.15) is 11.6 Å². The molecule has 1 fully saturated rings. The van der Waals surface area contributed by atoms with E-state index >= 15 is 0 Å². The molecule has 4 rings (SSSR count). The number of rotatable bonds is 2. The fraction of sp³-hybridized carbons (Fsp3) is 0.286. The highest BCUT2D eigenvalue weighted by atomic mass is 16.5. The van der Waals surface area contributed by atoms with Crippen molar-refractivity contribution in [3.05, 3.63) is 42.2 Å². The topological polar surface area (TPSA) is 91.1 Å². The van der Waals surface area contributed by atoms with Crippen molar-refractivity contribution in [1.29, 1.82) is 0 Å². The van der Waals surface area contributed by atoms with E-state index in [1.807, 2.05) is 24.3 Å². The molecule has 2 aromatic rings. The normalized spacial score (nSPS) is 26.6. The summed E-state index contributed by atoms with van der Waals surface area (Å²) in [5.74, 6) is 1.23. The lowest BCUT2D eigenvalue weighted by Gasteiger charge is -2.29. The Labute approximate surface area is 121 Å². The molecule has 21 heavy (non-hydrogen) atoms. The Kier molecular flexibility index (Phi) is 2.87. The molecule has 0 saturated carbocycles. The van der Waals surface area contributed by atoms with Crippen molar-refractivity contribution in [1.82, 2.24) is 20.8 Å². The number of nitrogens with one attached hydrogen (secondary N) is 4. The second-order valence-corrected chi connectivity index (χ2v) is 5.18. The maximum atomic E-state index is 12.4. The molecule has 7 heteroatoms. The third kappa shape index (κ3) is 2.07. The van der Waals surface area contributed by atoms with Crippen LogP contribution in [0.25, 0.3) is 0 Å². The first-order valence-electron chi connectivity index (χ1n) is 6.86. The monoisotopic (exact) mass is 285 g/mol. The van der Waals surface area contributed by atoms with Gasteiger partial charge in [0.25, 0.3) is 0 Å². The zero-order valence-corrected chi connectivity index (χ0v) is 11.2. The predicted molar refractivity (Wildman–Crippen MR) is 75.4 cm³/mol. The van der Waals surface area contributed by atoms with Crippen LogP contribution in [0.3, 0.4) is 0 Å². The van der Waals surface area contributed by atoms with E-state index in [0.717, 1.165) is 11.3 Å². The number of nitrogens with zero attached hydrogens (tertiary/aromatic N) is 1. The third-order valence-corrected chi connectivity index (χ3v) is 3.96. The Morgan fingerprint density at radius 1 is 1.33 bits per heavy atom. The second kappa shape index (κ2) is 4.87. The Balaban J connectivity index is 1.54. The largest absolute Gasteiger partial charge is 0.493 e. The highest BCUT2D eigenvalue weighted by Crippen LogP contribution is 2.38. The van der Waals surface area contributed by atoms with Gasteiger partial charge in [-0.3, -0.25) is 10.1 Å². The summed E-state index contributed by atoms with van der Waals surface area (Å²) in [6, 6.07) is 7.60. The molecule has 108 valence electrons.